The van der Waals surface area contributed by atoms with Crippen LogP contribution in [0.25, 0.3) is 0 Å². The molecule has 0 amide bonds. The highest BCUT2D eigenvalue weighted by Crippen LogP contribution is 2.36. The Kier molecular flexibility index (Phi) is 5.58. The van der Waals surface area contributed by atoms with Crippen LogP contribution in [0.1, 0.15) is 25.7 Å². The van der Waals surface area contributed by atoms with Crippen molar-refractivity contribution in [1.29, 1.82) is 0 Å². The van der Waals surface area contributed by atoms with E-state index in [0.717, 1.165) is 95.6 Å². The van der Waals surface area contributed by atoms with Crippen LogP contribution in [0.4, 0.5) is 17.6 Å². The fraction of sp³-hybridized carbons (Fsp3) is 0.818. The number of nitrogens with zero attached hydrogens (tertiary/aromatic N) is 5. The SMILES string of the molecule is c1c(N2CCC3(CC2)OCCO3)nc(N2CCNCC2)nc1N1CCC2(CC1)OCCO2. The van der Waals surface area contributed by atoms with Crippen LogP contribution in [-0.2, 0) is 18.9 Å². The Morgan fingerprint density at radius 1 is 0.625 bits per heavy atom. The number of piperidine rings is 2. The molecule has 176 valence electrons. The van der Waals surface area contributed by atoms with E-state index in [1.54, 1.807) is 0 Å². The van der Waals surface area contributed by atoms with Crippen molar-refractivity contribution in [2.45, 2.75) is 37.3 Å². The molecule has 6 heterocycles. The van der Waals surface area contributed by atoms with E-state index in [1.807, 2.05) is 0 Å². The molecule has 6 rings (SSSR count). The standard InChI is InChI=1S/C22H34N6O4/c1-7-26(8-2-21(1)29-13-14-30-21)18-17-19(25-20(24-18)28-11-5-23-6-12-28)27-9-3-22(4-10-27)31-15-16-32-22/h17,23H,1-16H2. The van der Waals surface area contributed by atoms with Crippen molar-refractivity contribution >= 4 is 17.6 Å². The van der Waals surface area contributed by atoms with Gasteiger partial charge in [-0.3, -0.25) is 0 Å². The van der Waals surface area contributed by atoms with Crippen LogP contribution in [0.15, 0.2) is 6.07 Å². The molecule has 0 radical (unpaired) electrons. The van der Waals surface area contributed by atoms with E-state index < -0.39 is 0 Å². The lowest BCUT2D eigenvalue weighted by molar-refractivity contribution is -0.169. The molecule has 0 aliphatic carbocycles. The summed E-state index contributed by atoms with van der Waals surface area (Å²) in [5.74, 6) is 2.09. The average Bonchev–Trinajstić information content (AvgIpc) is 3.50. The van der Waals surface area contributed by atoms with Crippen molar-refractivity contribution in [3.05, 3.63) is 6.07 Å². The molecule has 5 saturated heterocycles. The summed E-state index contributed by atoms with van der Waals surface area (Å²) in [5.41, 5.74) is 0. The summed E-state index contributed by atoms with van der Waals surface area (Å²) >= 11 is 0. The minimum atomic E-state index is -0.379. The minimum absolute atomic E-state index is 0.379. The third-order valence-corrected chi connectivity index (χ3v) is 7.41. The zero-order chi connectivity index (χ0) is 21.4. The topological polar surface area (TPSA) is 84.5 Å². The van der Waals surface area contributed by atoms with Crippen LogP contribution in [0, 0.1) is 0 Å². The maximum absolute atomic E-state index is 5.92. The van der Waals surface area contributed by atoms with Crippen molar-refractivity contribution in [3.63, 3.8) is 0 Å². The molecule has 1 aromatic heterocycles. The average molecular weight is 447 g/mol. The van der Waals surface area contributed by atoms with Crippen LogP contribution >= 0.6 is 0 Å². The first-order valence-corrected chi connectivity index (χ1v) is 12.1. The number of anilines is 3. The molecular weight excluding hydrogens is 412 g/mol. The first-order chi connectivity index (χ1) is 15.7. The van der Waals surface area contributed by atoms with E-state index in [1.165, 1.54) is 0 Å². The molecule has 1 N–H and O–H groups in total. The molecule has 0 saturated carbocycles. The third-order valence-electron chi connectivity index (χ3n) is 7.41. The lowest BCUT2D eigenvalue weighted by atomic mass is 10.0. The molecule has 10 nitrogen and oxygen atoms in total. The van der Waals surface area contributed by atoms with Crippen molar-refractivity contribution < 1.29 is 18.9 Å². The lowest BCUT2D eigenvalue weighted by Crippen LogP contribution is -2.47. The first-order valence-electron chi connectivity index (χ1n) is 12.1. The zero-order valence-corrected chi connectivity index (χ0v) is 18.8. The molecule has 0 bridgehead atoms. The number of nitrogens with one attached hydrogen (secondary N) is 1. The van der Waals surface area contributed by atoms with Crippen molar-refractivity contribution in [3.8, 4) is 0 Å². The normalized spacial score (nSPS) is 27.6. The van der Waals surface area contributed by atoms with Crippen LogP contribution < -0.4 is 20.0 Å². The lowest BCUT2D eigenvalue weighted by Gasteiger charge is -2.40. The molecular formula is C22H34N6O4. The predicted octanol–water partition coefficient (Wildman–Crippen LogP) is 0.573. The van der Waals surface area contributed by atoms with Gasteiger partial charge in [0.05, 0.1) is 26.4 Å². The van der Waals surface area contributed by atoms with Gasteiger partial charge in [-0.1, -0.05) is 0 Å². The fourth-order valence-corrected chi connectivity index (χ4v) is 5.46. The highest BCUT2D eigenvalue weighted by atomic mass is 16.7. The minimum Gasteiger partial charge on any atom is -0.356 e. The van der Waals surface area contributed by atoms with Gasteiger partial charge in [-0.25, -0.2) is 0 Å². The maximum Gasteiger partial charge on any atom is 0.229 e. The monoisotopic (exact) mass is 446 g/mol. The van der Waals surface area contributed by atoms with E-state index in [4.69, 9.17) is 28.9 Å². The molecule has 5 aliphatic rings. The Bertz CT molecular complexity index is 733. The summed E-state index contributed by atoms with van der Waals surface area (Å²) in [6.45, 7) is 10.1. The van der Waals surface area contributed by atoms with Gasteiger partial charge in [-0.05, 0) is 0 Å². The summed E-state index contributed by atoms with van der Waals surface area (Å²) in [5, 5.41) is 3.42. The van der Waals surface area contributed by atoms with Crippen LogP contribution in [0.2, 0.25) is 0 Å². The van der Waals surface area contributed by atoms with Crippen LogP contribution in [0.5, 0.6) is 0 Å². The second-order valence-corrected chi connectivity index (χ2v) is 9.31. The van der Waals surface area contributed by atoms with Gasteiger partial charge in [0, 0.05) is 84.1 Å². The molecule has 32 heavy (non-hydrogen) atoms. The number of hydrogen-bond donors (Lipinski definition) is 1. The number of ether oxygens (including phenoxy) is 4. The molecule has 0 unspecified atom stereocenters. The number of rotatable bonds is 3. The smallest absolute Gasteiger partial charge is 0.229 e. The van der Waals surface area contributed by atoms with Gasteiger partial charge in [-0.2, -0.15) is 9.97 Å². The molecule has 0 atom stereocenters. The Hall–Kier alpha value is -1.72. The van der Waals surface area contributed by atoms with E-state index in [0.29, 0.717) is 26.4 Å². The Labute approximate surface area is 189 Å². The Morgan fingerprint density at radius 2 is 1.06 bits per heavy atom. The van der Waals surface area contributed by atoms with Gasteiger partial charge >= 0.3 is 0 Å². The largest absolute Gasteiger partial charge is 0.356 e. The number of hydrogen-bond acceptors (Lipinski definition) is 10. The molecule has 0 aromatic carbocycles. The summed E-state index contributed by atoms with van der Waals surface area (Å²) in [6.07, 6.45) is 3.48. The van der Waals surface area contributed by atoms with Crippen LogP contribution in [0.3, 0.4) is 0 Å². The van der Waals surface area contributed by atoms with Gasteiger partial charge in [0.15, 0.2) is 11.6 Å². The molecule has 10 heteroatoms. The summed E-state index contributed by atoms with van der Waals surface area (Å²) < 4.78 is 23.7. The fourth-order valence-electron chi connectivity index (χ4n) is 5.46. The second-order valence-electron chi connectivity index (χ2n) is 9.31. The Morgan fingerprint density at radius 3 is 1.50 bits per heavy atom. The third kappa shape index (κ3) is 4.03. The highest BCUT2D eigenvalue weighted by molar-refractivity contribution is 5.56. The zero-order valence-electron chi connectivity index (χ0n) is 18.8. The van der Waals surface area contributed by atoms with Gasteiger partial charge in [0.1, 0.15) is 11.6 Å². The van der Waals surface area contributed by atoms with Gasteiger partial charge in [0.2, 0.25) is 5.95 Å². The van der Waals surface area contributed by atoms with E-state index >= 15 is 0 Å². The van der Waals surface area contributed by atoms with Gasteiger partial charge in [0.25, 0.3) is 0 Å². The number of piperazine rings is 1. The number of aromatic nitrogens is 2. The van der Waals surface area contributed by atoms with Crippen molar-refractivity contribution in [2.24, 2.45) is 0 Å². The van der Waals surface area contributed by atoms with Gasteiger partial charge in [-0.15, -0.1) is 0 Å². The molecule has 5 fully saturated rings. The molecule has 1 aromatic rings. The first kappa shape index (κ1) is 20.9. The Balaban J connectivity index is 1.23. The quantitative estimate of drug-likeness (QED) is 0.711. The van der Waals surface area contributed by atoms with E-state index in [2.05, 4.69) is 26.1 Å². The van der Waals surface area contributed by atoms with E-state index in [9.17, 15) is 0 Å². The van der Waals surface area contributed by atoms with Gasteiger partial charge < -0.3 is 39.0 Å². The predicted molar refractivity (Wildman–Crippen MR) is 119 cm³/mol. The maximum atomic E-state index is 5.92. The molecule has 2 spiro atoms. The van der Waals surface area contributed by atoms with Crippen molar-refractivity contribution in [1.82, 2.24) is 15.3 Å². The summed E-state index contributed by atoms with van der Waals surface area (Å²) in [4.78, 5) is 17.1. The highest BCUT2D eigenvalue weighted by Gasteiger charge is 2.42. The van der Waals surface area contributed by atoms with Crippen molar-refractivity contribution in [2.75, 3.05) is 93.5 Å². The van der Waals surface area contributed by atoms with E-state index in [-0.39, 0.29) is 11.6 Å². The summed E-state index contributed by atoms with van der Waals surface area (Å²) in [6, 6.07) is 2.16. The van der Waals surface area contributed by atoms with Crippen LogP contribution in [-0.4, -0.2) is 100 Å². The summed E-state index contributed by atoms with van der Waals surface area (Å²) in [7, 11) is 0. The second kappa shape index (κ2) is 8.57. The molecule has 5 aliphatic heterocycles.